The van der Waals surface area contributed by atoms with E-state index in [-0.39, 0.29) is 12.6 Å². The Kier molecular flexibility index (Phi) is 2.23. The molecule has 1 N–H and O–H groups in total. The van der Waals surface area contributed by atoms with Gasteiger partial charge in [0.25, 0.3) is 0 Å². The SMILES string of the molecule is FCC1CCN(c2nccc3[nH]cnc23)C1. The molecule has 84 valence electrons. The van der Waals surface area contributed by atoms with Crippen LogP contribution in [0.4, 0.5) is 10.2 Å². The summed E-state index contributed by atoms with van der Waals surface area (Å²) in [6, 6.07) is 1.90. The van der Waals surface area contributed by atoms with Gasteiger partial charge in [0, 0.05) is 25.2 Å². The predicted octanol–water partition coefficient (Wildman–Crippen LogP) is 1.75. The second-order valence-corrected chi connectivity index (χ2v) is 4.19. The summed E-state index contributed by atoms with van der Waals surface area (Å²) >= 11 is 0. The van der Waals surface area contributed by atoms with Crippen LogP contribution >= 0.6 is 0 Å². The van der Waals surface area contributed by atoms with Crippen molar-refractivity contribution in [1.29, 1.82) is 0 Å². The summed E-state index contributed by atoms with van der Waals surface area (Å²) < 4.78 is 12.6. The molecule has 0 bridgehead atoms. The summed E-state index contributed by atoms with van der Waals surface area (Å²) in [5.41, 5.74) is 1.86. The summed E-state index contributed by atoms with van der Waals surface area (Å²) in [5.74, 6) is 1.02. The van der Waals surface area contributed by atoms with Gasteiger partial charge in [0.2, 0.25) is 0 Å². The van der Waals surface area contributed by atoms with Gasteiger partial charge in [-0.3, -0.25) is 4.39 Å². The van der Waals surface area contributed by atoms with Gasteiger partial charge in [-0.25, -0.2) is 9.97 Å². The van der Waals surface area contributed by atoms with Crippen LogP contribution in [0.25, 0.3) is 11.0 Å². The first kappa shape index (κ1) is 9.57. The molecule has 0 radical (unpaired) electrons. The van der Waals surface area contributed by atoms with E-state index in [1.807, 2.05) is 6.07 Å². The Balaban J connectivity index is 1.97. The predicted molar refractivity (Wildman–Crippen MR) is 60.2 cm³/mol. The van der Waals surface area contributed by atoms with Crippen molar-refractivity contribution >= 4 is 16.9 Å². The molecule has 1 fully saturated rings. The number of halogens is 1. The first-order valence-corrected chi connectivity index (χ1v) is 5.47. The van der Waals surface area contributed by atoms with Crippen molar-refractivity contribution in [3.63, 3.8) is 0 Å². The average molecular weight is 220 g/mol. The molecule has 0 amide bonds. The van der Waals surface area contributed by atoms with E-state index in [4.69, 9.17) is 0 Å². The number of rotatable bonds is 2. The van der Waals surface area contributed by atoms with Crippen LogP contribution < -0.4 is 4.90 Å². The fraction of sp³-hybridized carbons (Fsp3) is 0.455. The number of nitrogens with one attached hydrogen (secondary N) is 1. The first-order chi connectivity index (χ1) is 7.88. The lowest BCUT2D eigenvalue weighted by molar-refractivity contribution is 0.385. The maximum Gasteiger partial charge on any atom is 0.156 e. The minimum Gasteiger partial charge on any atom is -0.354 e. The van der Waals surface area contributed by atoms with Crippen LogP contribution in [0.2, 0.25) is 0 Å². The molecule has 0 spiro atoms. The molecule has 1 atom stereocenters. The maximum absolute atomic E-state index is 12.6. The van der Waals surface area contributed by atoms with Gasteiger partial charge in [-0.1, -0.05) is 0 Å². The van der Waals surface area contributed by atoms with Crippen molar-refractivity contribution in [3.8, 4) is 0 Å². The van der Waals surface area contributed by atoms with Crippen molar-refractivity contribution in [3.05, 3.63) is 18.6 Å². The topological polar surface area (TPSA) is 44.8 Å². The van der Waals surface area contributed by atoms with Gasteiger partial charge in [0.1, 0.15) is 5.52 Å². The number of H-pyrrole nitrogens is 1. The van der Waals surface area contributed by atoms with Gasteiger partial charge < -0.3 is 9.88 Å². The highest BCUT2D eigenvalue weighted by molar-refractivity contribution is 5.85. The third-order valence-corrected chi connectivity index (χ3v) is 3.12. The zero-order chi connectivity index (χ0) is 11.0. The molecule has 16 heavy (non-hydrogen) atoms. The Morgan fingerprint density at radius 3 is 3.25 bits per heavy atom. The summed E-state index contributed by atoms with van der Waals surface area (Å²) in [5, 5.41) is 0. The van der Waals surface area contributed by atoms with Gasteiger partial charge in [0.15, 0.2) is 5.82 Å². The van der Waals surface area contributed by atoms with Crippen molar-refractivity contribution in [1.82, 2.24) is 15.0 Å². The zero-order valence-corrected chi connectivity index (χ0v) is 8.86. The fourth-order valence-corrected chi connectivity index (χ4v) is 2.24. The summed E-state index contributed by atoms with van der Waals surface area (Å²) in [6.45, 7) is 1.37. The highest BCUT2D eigenvalue weighted by Gasteiger charge is 2.24. The molecule has 3 heterocycles. The summed E-state index contributed by atoms with van der Waals surface area (Å²) in [6.07, 6.45) is 4.33. The van der Waals surface area contributed by atoms with Crippen LogP contribution in [0, 0.1) is 5.92 Å². The molecule has 4 nitrogen and oxygen atoms in total. The van der Waals surface area contributed by atoms with E-state index in [0.29, 0.717) is 0 Å². The van der Waals surface area contributed by atoms with Crippen LogP contribution in [0.1, 0.15) is 6.42 Å². The second kappa shape index (κ2) is 3.73. The Hall–Kier alpha value is -1.65. The monoisotopic (exact) mass is 220 g/mol. The van der Waals surface area contributed by atoms with Crippen LogP contribution in [0.5, 0.6) is 0 Å². The highest BCUT2D eigenvalue weighted by atomic mass is 19.1. The van der Waals surface area contributed by atoms with Crippen LogP contribution in [-0.4, -0.2) is 34.7 Å². The molecule has 5 heteroatoms. The van der Waals surface area contributed by atoms with Crippen molar-refractivity contribution < 1.29 is 4.39 Å². The molecule has 1 aliphatic rings. The molecule has 0 aliphatic carbocycles. The van der Waals surface area contributed by atoms with Crippen LogP contribution in [0.3, 0.4) is 0 Å². The molecular formula is C11H13FN4. The van der Waals surface area contributed by atoms with E-state index in [0.717, 1.165) is 36.4 Å². The highest BCUT2D eigenvalue weighted by Crippen LogP contribution is 2.26. The maximum atomic E-state index is 12.6. The summed E-state index contributed by atoms with van der Waals surface area (Å²) in [4.78, 5) is 13.8. The van der Waals surface area contributed by atoms with Crippen molar-refractivity contribution in [2.24, 2.45) is 5.92 Å². The fourth-order valence-electron chi connectivity index (χ4n) is 2.24. The van der Waals surface area contributed by atoms with Gasteiger partial charge >= 0.3 is 0 Å². The minimum absolute atomic E-state index is 0.149. The van der Waals surface area contributed by atoms with Gasteiger partial charge in [-0.15, -0.1) is 0 Å². The number of fused-ring (bicyclic) bond motifs is 1. The number of hydrogen-bond donors (Lipinski definition) is 1. The quantitative estimate of drug-likeness (QED) is 0.838. The summed E-state index contributed by atoms with van der Waals surface area (Å²) in [7, 11) is 0. The Morgan fingerprint density at radius 2 is 2.44 bits per heavy atom. The van der Waals surface area contributed by atoms with Gasteiger partial charge in [-0.05, 0) is 12.5 Å². The average Bonchev–Trinajstić information content (AvgIpc) is 2.97. The largest absolute Gasteiger partial charge is 0.354 e. The molecule has 2 aromatic heterocycles. The Labute approximate surface area is 92.5 Å². The van der Waals surface area contributed by atoms with Gasteiger partial charge in [0.05, 0.1) is 18.5 Å². The lowest BCUT2D eigenvalue weighted by Crippen LogP contribution is -2.21. The third-order valence-electron chi connectivity index (χ3n) is 3.12. The number of pyridine rings is 1. The van der Waals surface area contributed by atoms with Crippen molar-refractivity contribution in [2.75, 3.05) is 24.7 Å². The van der Waals surface area contributed by atoms with E-state index in [9.17, 15) is 4.39 Å². The Morgan fingerprint density at radius 1 is 1.50 bits per heavy atom. The lowest BCUT2D eigenvalue weighted by atomic mass is 10.1. The molecule has 0 aromatic carbocycles. The smallest absolute Gasteiger partial charge is 0.156 e. The standard InChI is InChI=1S/C11H13FN4/c12-5-8-2-4-16(6-8)11-10-9(1-3-13-11)14-7-15-10/h1,3,7-8H,2,4-6H2,(H,14,15). The molecule has 1 saturated heterocycles. The second-order valence-electron chi connectivity index (χ2n) is 4.19. The van der Waals surface area contributed by atoms with Crippen LogP contribution in [-0.2, 0) is 0 Å². The number of aromatic amines is 1. The minimum atomic E-state index is -0.243. The molecule has 2 aromatic rings. The molecule has 3 rings (SSSR count). The normalized spacial score (nSPS) is 20.8. The molecular weight excluding hydrogens is 207 g/mol. The molecule has 1 aliphatic heterocycles. The number of hydrogen-bond acceptors (Lipinski definition) is 3. The lowest BCUT2D eigenvalue weighted by Gasteiger charge is -2.16. The van der Waals surface area contributed by atoms with E-state index < -0.39 is 0 Å². The van der Waals surface area contributed by atoms with Crippen molar-refractivity contribution in [2.45, 2.75) is 6.42 Å². The number of aromatic nitrogens is 3. The van der Waals surface area contributed by atoms with E-state index in [1.165, 1.54) is 0 Å². The van der Waals surface area contributed by atoms with E-state index in [1.54, 1.807) is 12.5 Å². The van der Waals surface area contributed by atoms with Gasteiger partial charge in [-0.2, -0.15) is 0 Å². The van der Waals surface area contributed by atoms with Crippen LogP contribution in [0.15, 0.2) is 18.6 Å². The van der Waals surface area contributed by atoms with E-state index >= 15 is 0 Å². The first-order valence-electron chi connectivity index (χ1n) is 5.47. The third kappa shape index (κ3) is 1.43. The Bertz CT molecular complexity index is 495. The molecule has 1 unspecified atom stereocenters. The number of nitrogens with zero attached hydrogens (tertiary/aromatic N) is 3. The zero-order valence-electron chi connectivity index (χ0n) is 8.86. The number of anilines is 1. The number of imidazole rings is 1. The van der Waals surface area contributed by atoms with E-state index in [2.05, 4.69) is 19.9 Å². The number of alkyl halides is 1. The molecule has 0 saturated carbocycles.